The fourth-order valence-electron chi connectivity index (χ4n) is 2.92. The predicted octanol–water partition coefficient (Wildman–Crippen LogP) is 1.01. The average Bonchev–Trinajstić information content (AvgIpc) is 2.52. The first kappa shape index (κ1) is 14.4. The molecule has 2 fully saturated rings. The highest BCUT2D eigenvalue weighted by atomic mass is 16.5. The molecule has 0 spiro atoms. The summed E-state index contributed by atoms with van der Waals surface area (Å²) in [4.78, 5) is 9.11. The zero-order chi connectivity index (χ0) is 14.7. The lowest BCUT2D eigenvalue weighted by molar-refractivity contribution is 0.0904. The van der Waals surface area contributed by atoms with Crippen LogP contribution in [0.3, 0.4) is 0 Å². The Labute approximate surface area is 126 Å². The van der Waals surface area contributed by atoms with Gasteiger partial charge in [0.15, 0.2) is 5.82 Å². The van der Waals surface area contributed by atoms with Crippen molar-refractivity contribution in [2.24, 2.45) is 0 Å². The SMILES string of the molecule is CN1CCN(c2nccc(NC3CCOCC3)c2N)CC1. The van der Waals surface area contributed by atoms with Gasteiger partial charge in [-0.05, 0) is 26.0 Å². The summed E-state index contributed by atoms with van der Waals surface area (Å²) in [6.07, 6.45) is 3.92. The maximum absolute atomic E-state index is 6.35. The van der Waals surface area contributed by atoms with Crippen molar-refractivity contribution in [1.29, 1.82) is 0 Å². The first-order valence-corrected chi connectivity index (χ1v) is 7.76. The van der Waals surface area contributed by atoms with Gasteiger partial charge in [-0.1, -0.05) is 0 Å². The fraction of sp³-hybridized carbons (Fsp3) is 0.667. The minimum atomic E-state index is 0.448. The molecular formula is C15H25N5O. The van der Waals surface area contributed by atoms with Crippen molar-refractivity contribution >= 4 is 17.2 Å². The molecule has 116 valence electrons. The number of nitrogens with two attached hydrogens (primary N) is 1. The Morgan fingerprint density at radius 2 is 1.95 bits per heavy atom. The van der Waals surface area contributed by atoms with E-state index in [0.29, 0.717) is 6.04 Å². The van der Waals surface area contributed by atoms with Crippen LogP contribution in [-0.4, -0.2) is 62.4 Å². The molecule has 0 aromatic carbocycles. The number of nitrogens with one attached hydrogen (secondary N) is 1. The molecule has 0 aliphatic carbocycles. The number of aromatic nitrogens is 1. The molecule has 0 bridgehead atoms. The molecule has 0 saturated carbocycles. The van der Waals surface area contributed by atoms with Gasteiger partial charge in [0.1, 0.15) is 0 Å². The van der Waals surface area contributed by atoms with Crippen molar-refractivity contribution in [3.05, 3.63) is 12.3 Å². The van der Waals surface area contributed by atoms with Crippen molar-refractivity contribution in [3.63, 3.8) is 0 Å². The molecule has 2 aliphatic heterocycles. The summed E-state index contributed by atoms with van der Waals surface area (Å²) in [5.74, 6) is 0.917. The second kappa shape index (κ2) is 6.49. The standard InChI is InChI=1S/C15H25N5O/c1-19-6-8-20(9-7-19)15-14(16)13(2-5-17-15)18-12-3-10-21-11-4-12/h2,5,12H,3-4,6-11,16H2,1H3,(H,17,18). The molecule has 6 heteroatoms. The molecule has 3 N–H and O–H groups in total. The number of nitrogens with zero attached hydrogens (tertiary/aromatic N) is 3. The third kappa shape index (κ3) is 3.39. The number of hydrogen-bond donors (Lipinski definition) is 2. The highest BCUT2D eigenvalue weighted by Crippen LogP contribution is 2.30. The Balaban J connectivity index is 1.72. The highest BCUT2D eigenvalue weighted by molar-refractivity contribution is 5.78. The van der Waals surface area contributed by atoms with E-state index in [0.717, 1.165) is 69.4 Å². The lowest BCUT2D eigenvalue weighted by Crippen LogP contribution is -2.45. The van der Waals surface area contributed by atoms with Crippen molar-refractivity contribution in [2.75, 3.05) is 62.4 Å². The normalized spacial score (nSPS) is 21.5. The average molecular weight is 291 g/mol. The summed E-state index contributed by atoms with van der Waals surface area (Å²) < 4.78 is 5.40. The van der Waals surface area contributed by atoms with Crippen LogP contribution in [0.25, 0.3) is 0 Å². The molecule has 2 aliphatic rings. The molecule has 2 saturated heterocycles. The van der Waals surface area contributed by atoms with E-state index in [9.17, 15) is 0 Å². The van der Waals surface area contributed by atoms with E-state index in [-0.39, 0.29) is 0 Å². The van der Waals surface area contributed by atoms with Crippen LogP contribution in [0, 0.1) is 0 Å². The first-order valence-electron chi connectivity index (χ1n) is 7.76. The number of ether oxygens (including phenoxy) is 1. The summed E-state index contributed by atoms with van der Waals surface area (Å²) in [6, 6.07) is 2.42. The fourth-order valence-corrected chi connectivity index (χ4v) is 2.92. The largest absolute Gasteiger partial charge is 0.394 e. The minimum Gasteiger partial charge on any atom is -0.394 e. The summed E-state index contributed by atoms with van der Waals surface area (Å²) >= 11 is 0. The Hall–Kier alpha value is -1.53. The summed E-state index contributed by atoms with van der Waals surface area (Å²) in [7, 11) is 2.15. The number of piperazine rings is 1. The number of likely N-dealkylation sites (N-methyl/N-ethyl adjacent to an activating group) is 1. The van der Waals surface area contributed by atoms with Gasteiger partial charge in [0.25, 0.3) is 0 Å². The lowest BCUT2D eigenvalue weighted by Gasteiger charge is -2.34. The molecule has 1 aromatic rings. The van der Waals surface area contributed by atoms with Gasteiger partial charge in [0.05, 0.1) is 11.4 Å². The van der Waals surface area contributed by atoms with E-state index >= 15 is 0 Å². The van der Waals surface area contributed by atoms with Crippen LogP contribution >= 0.6 is 0 Å². The maximum atomic E-state index is 6.35. The Bertz CT molecular complexity index is 467. The van der Waals surface area contributed by atoms with E-state index in [4.69, 9.17) is 10.5 Å². The van der Waals surface area contributed by atoms with Crippen LogP contribution in [0.1, 0.15) is 12.8 Å². The molecule has 21 heavy (non-hydrogen) atoms. The Morgan fingerprint density at radius 1 is 1.24 bits per heavy atom. The number of nitrogen functional groups attached to an aromatic ring is 1. The zero-order valence-corrected chi connectivity index (χ0v) is 12.7. The molecule has 0 amide bonds. The quantitative estimate of drug-likeness (QED) is 0.866. The van der Waals surface area contributed by atoms with E-state index in [2.05, 4.69) is 27.1 Å². The topological polar surface area (TPSA) is 66.6 Å². The lowest BCUT2D eigenvalue weighted by atomic mass is 10.1. The van der Waals surface area contributed by atoms with Gasteiger partial charge in [-0.3, -0.25) is 0 Å². The number of rotatable bonds is 3. The molecule has 1 aromatic heterocycles. The molecule has 0 atom stereocenters. The van der Waals surface area contributed by atoms with Gasteiger partial charge in [-0.15, -0.1) is 0 Å². The second-order valence-corrected chi connectivity index (χ2v) is 5.92. The maximum Gasteiger partial charge on any atom is 0.153 e. The number of pyridine rings is 1. The minimum absolute atomic E-state index is 0.448. The number of hydrogen-bond acceptors (Lipinski definition) is 6. The van der Waals surface area contributed by atoms with Crippen LogP contribution in [0.15, 0.2) is 12.3 Å². The molecular weight excluding hydrogens is 266 g/mol. The van der Waals surface area contributed by atoms with Gasteiger partial charge in [0.2, 0.25) is 0 Å². The van der Waals surface area contributed by atoms with Crippen molar-refractivity contribution in [3.8, 4) is 0 Å². The van der Waals surface area contributed by atoms with Gasteiger partial charge < -0.3 is 25.6 Å². The van der Waals surface area contributed by atoms with E-state index < -0.39 is 0 Å². The third-order valence-electron chi connectivity index (χ3n) is 4.35. The third-order valence-corrected chi connectivity index (χ3v) is 4.35. The summed E-state index contributed by atoms with van der Waals surface area (Å²) in [5, 5.41) is 3.56. The molecule has 3 rings (SSSR count). The number of anilines is 3. The van der Waals surface area contributed by atoms with Crippen molar-refractivity contribution in [2.45, 2.75) is 18.9 Å². The Kier molecular flexibility index (Phi) is 4.45. The smallest absolute Gasteiger partial charge is 0.153 e. The first-order chi connectivity index (χ1) is 10.2. The summed E-state index contributed by atoms with van der Waals surface area (Å²) in [5.41, 5.74) is 8.13. The Morgan fingerprint density at radius 3 is 2.67 bits per heavy atom. The van der Waals surface area contributed by atoms with Crippen LogP contribution in [0.2, 0.25) is 0 Å². The van der Waals surface area contributed by atoms with Crippen LogP contribution in [0.5, 0.6) is 0 Å². The second-order valence-electron chi connectivity index (χ2n) is 5.92. The van der Waals surface area contributed by atoms with Gasteiger partial charge in [-0.25, -0.2) is 4.98 Å². The van der Waals surface area contributed by atoms with Gasteiger partial charge in [0, 0.05) is 51.6 Å². The van der Waals surface area contributed by atoms with Gasteiger partial charge >= 0.3 is 0 Å². The molecule has 0 unspecified atom stereocenters. The molecule has 3 heterocycles. The predicted molar refractivity (Wildman–Crippen MR) is 85.8 cm³/mol. The van der Waals surface area contributed by atoms with E-state index in [1.165, 1.54) is 0 Å². The zero-order valence-electron chi connectivity index (χ0n) is 12.7. The highest BCUT2D eigenvalue weighted by Gasteiger charge is 2.20. The van der Waals surface area contributed by atoms with Crippen LogP contribution in [0.4, 0.5) is 17.2 Å². The van der Waals surface area contributed by atoms with Crippen molar-refractivity contribution in [1.82, 2.24) is 9.88 Å². The summed E-state index contributed by atoms with van der Waals surface area (Å²) in [6.45, 7) is 5.72. The van der Waals surface area contributed by atoms with Crippen LogP contribution in [-0.2, 0) is 4.74 Å². The monoisotopic (exact) mass is 291 g/mol. The molecule has 0 radical (unpaired) electrons. The molecule has 6 nitrogen and oxygen atoms in total. The van der Waals surface area contributed by atoms with E-state index in [1.54, 1.807) is 0 Å². The van der Waals surface area contributed by atoms with Crippen molar-refractivity contribution < 1.29 is 4.74 Å². The van der Waals surface area contributed by atoms with Crippen LogP contribution < -0.4 is 16.0 Å². The van der Waals surface area contributed by atoms with Gasteiger partial charge in [-0.2, -0.15) is 0 Å². The van der Waals surface area contributed by atoms with E-state index in [1.807, 2.05) is 12.3 Å².